The SMILES string of the molecule is O=C(Nc1ccc(Oc2ncnc3cc4c(cc23)OCCOCCOCCO4)c(Cl)c1)c1c2n(n(-c3ccccc3F)c1=O)CCCC2. The molecule has 0 bridgehead atoms. The van der Waals surface area contributed by atoms with Crippen LogP contribution in [0.15, 0.2) is 65.7 Å². The highest BCUT2D eigenvalue weighted by Crippen LogP contribution is 2.38. The Morgan fingerprint density at radius 2 is 1.67 bits per heavy atom. The van der Waals surface area contributed by atoms with Crippen molar-refractivity contribution < 1.29 is 32.9 Å². The maximum atomic E-state index is 14.7. The van der Waals surface area contributed by atoms with Crippen molar-refractivity contribution in [1.29, 1.82) is 0 Å². The van der Waals surface area contributed by atoms with Crippen molar-refractivity contribution in [3.63, 3.8) is 0 Å². The molecule has 12 nitrogen and oxygen atoms in total. The molecule has 1 N–H and O–H groups in total. The number of nitrogens with zero attached hydrogens (tertiary/aromatic N) is 4. The van der Waals surface area contributed by atoms with Gasteiger partial charge in [-0.25, -0.2) is 19.0 Å². The summed E-state index contributed by atoms with van der Waals surface area (Å²) in [5.74, 6) is 0.306. The molecule has 0 fully saturated rings. The first-order chi connectivity index (χ1) is 23.5. The lowest BCUT2D eigenvalue weighted by molar-refractivity contribution is 0.0224. The van der Waals surface area contributed by atoms with Crippen molar-refractivity contribution in [3.05, 3.63) is 93.4 Å². The maximum Gasteiger partial charge on any atom is 0.284 e. The number of rotatable bonds is 5. The highest BCUT2D eigenvalue weighted by Gasteiger charge is 2.29. The molecule has 0 atom stereocenters. The van der Waals surface area contributed by atoms with E-state index in [2.05, 4.69) is 15.3 Å². The molecule has 2 aliphatic rings. The Morgan fingerprint density at radius 1 is 0.917 bits per heavy atom. The van der Waals surface area contributed by atoms with Crippen molar-refractivity contribution in [1.82, 2.24) is 19.3 Å². The summed E-state index contributed by atoms with van der Waals surface area (Å²) in [5, 5.41) is 3.52. The minimum atomic E-state index is -0.610. The molecule has 0 saturated heterocycles. The lowest BCUT2D eigenvalue weighted by Gasteiger charge is -2.19. The minimum absolute atomic E-state index is 0.0283. The average molecular weight is 676 g/mol. The van der Waals surface area contributed by atoms with E-state index in [4.69, 9.17) is 35.3 Å². The molecule has 0 spiro atoms. The first-order valence-corrected chi connectivity index (χ1v) is 15.9. The zero-order valence-electron chi connectivity index (χ0n) is 25.7. The van der Waals surface area contributed by atoms with E-state index in [0.29, 0.717) is 86.4 Å². The van der Waals surface area contributed by atoms with Gasteiger partial charge in [0.25, 0.3) is 11.5 Å². The van der Waals surface area contributed by atoms with E-state index in [1.165, 1.54) is 29.2 Å². The fourth-order valence-electron chi connectivity index (χ4n) is 5.77. The summed E-state index contributed by atoms with van der Waals surface area (Å²) >= 11 is 6.62. The smallest absolute Gasteiger partial charge is 0.284 e. The van der Waals surface area contributed by atoms with Crippen LogP contribution in [0.2, 0.25) is 5.02 Å². The second kappa shape index (κ2) is 14.0. The Labute approximate surface area is 278 Å². The molecule has 5 aromatic rings. The second-order valence-electron chi connectivity index (χ2n) is 11.1. The molecule has 48 heavy (non-hydrogen) atoms. The second-order valence-corrected chi connectivity index (χ2v) is 11.5. The fourth-order valence-corrected chi connectivity index (χ4v) is 5.99. The van der Waals surface area contributed by atoms with Crippen LogP contribution in [0.4, 0.5) is 10.1 Å². The summed E-state index contributed by atoms with van der Waals surface area (Å²) in [4.78, 5) is 35.8. The van der Waals surface area contributed by atoms with Gasteiger partial charge in [0.2, 0.25) is 5.88 Å². The standard InChI is InChI=1S/C34H31ClFN5O7/c35-23-17-21(39-32(42)31-27-7-3-4-10-40(27)41(34(31)43)26-6-2-1-5-24(26)36)8-9-28(23)48-33-22-18-29-30(19-25(22)37-20-38-33)47-16-14-45-12-11-44-13-15-46-29/h1-2,5-6,8-9,17-20H,3-4,7,10-16H2,(H,39,42). The molecule has 0 unspecified atom stereocenters. The highest BCUT2D eigenvalue weighted by molar-refractivity contribution is 6.32. The fraction of sp³-hybridized carbons (Fsp3) is 0.294. The minimum Gasteiger partial charge on any atom is -0.487 e. The number of carbonyl (C=O) groups excluding carboxylic acids is 1. The zero-order chi connectivity index (χ0) is 33.0. The number of aromatic nitrogens is 4. The number of nitrogens with one attached hydrogen (secondary N) is 1. The molecular weight excluding hydrogens is 645 g/mol. The average Bonchev–Trinajstić information content (AvgIpc) is 3.37. The van der Waals surface area contributed by atoms with E-state index in [9.17, 15) is 14.0 Å². The normalized spacial score (nSPS) is 15.2. The number of amides is 1. The molecule has 7 rings (SSSR count). The van der Waals surface area contributed by atoms with E-state index < -0.39 is 17.3 Å². The van der Waals surface area contributed by atoms with Gasteiger partial charge in [-0.15, -0.1) is 0 Å². The Kier molecular flexibility index (Phi) is 9.23. The third kappa shape index (κ3) is 6.44. The highest BCUT2D eigenvalue weighted by atomic mass is 35.5. The Hall–Kier alpha value is -4.98. The number of fused-ring (bicyclic) bond motifs is 3. The largest absolute Gasteiger partial charge is 0.487 e. The number of halogens is 2. The number of para-hydroxylation sites is 1. The molecule has 0 radical (unpaired) electrons. The lowest BCUT2D eigenvalue weighted by atomic mass is 10.1. The predicted octanol–water partition coefficient (Wildman–Crippen LogP) is 5.56. The van der Waals surface area contributed by atoms with Gasteiger partial charge in [-0.2, -0.15) is 0 Å². The number of ether oxygens (including phenoxy) is 5. The van der Waals surface area contributed by atoms with Gasteiger partial charge in [-0.1, -0.05) is 23.7 Å². The van der Waals surface area contributed by atoms with Gasteiger partial charge < -0.3 is 29.0 Å². The summed E-state index contributed by atoms with van der Waals surface area (Å²) < 4.78 is 46.7. The lowest BCUT2D eigenvalue weighted by Crippen LogP contribution is -2.26. The van der Waals surface area contributed by atoms with Crippen LogP contribution in [0.1, 0.15) is 28.9 Å². The van der Waals surface area contributed by atoms with E-state index in [1.807, 2.05) is 0 Å². The summed E-state index contributed by atoms with van der Waals surface area (Å²) in [6.07, 6.45) is 3.50. The molecule has 3 aromatic carbocycles. The Balaban J connectivity index is 1.14. The van der Waals surface area contributed by atoms with Crippen molar-refractivity contribution in [2.45, 2.75) is 25.8 Å². The quantitative estimate of drug-likeness (QED) is 0.255. The summed E-state index contributed by atoms with van der Waals surface area (Å²) in [6, 6.07) is 14.2. The first kappa shape index (κ1) is 31.6. The molecule has 4 heterocycles. The van der Waals surface area contributed by atoms with Gasteiger partial charge >= 0.3 is 0 Å². The van der Waals surface area contributed by atoms with Crippen LogP contribution in [0, 0.1) is 5.82 Å². The molecule has 2 aromatic heterocycles. The van der Waals surface area contributed by atoms with E-state index in [1.54, 1.807) is 41.1 Å². The van der Waals surface area contributed by atoms with E-state index in [0.717, 1.165) is 12.8 Å². The van der Waals surface area contributed by atoms with Crippen molar-refractivity contribution in [2.75, 3.05) is 45.0 Å². The Bertz CT molecular complexity index is 2050. The molecule has 0 saturated carbocycles. The Morgan fingerprint density at radius 3 is 2.44 bits per heavy atom. The monoisotopic (exact) mass is 675 g/mol. The summed E-state index contributed by atoms with van der Waals surface area (Å²) in [6.45, 7) is 2.83. The van der Waals surface area contributed by atoms with Crippen LogP contribution >= 0.6 is 11.6 Å². The molecule has 14 heteroatoms. The number of carbonyl (C=O) groups is 1. The predicted molar refractivity (Wildman–Crippen MR) is 175 cm³/mol. The maximum absolute atomic E-state index is 14.7. The van der Waals surface area contributed by atoms with Crippen molar-refractivity contribution >= 4 is 34.1 Å². The van der Waals surface area contributed by atoms with Crippen molar-refractivity contribution in [2.24, 2.45) is 0 Å². The van der Waals surface area contributed by atoms with Gasteiger partial charge in [-0.05, 0) is 55.7 Å². The van der Waals surface area contributed by atoms with Crippen molar-refractivity contribution in [3.8, 4) is 28.8 Å². The molecule has 248 valence electrons. The van der Waals surface area contributed by atoms with Crippen LogP contribution < -0.4 is 25.1 Å². The third-order valence-electron chi connectivity index (χ3n) is 7.99. The van der Waals surface area contributed by atoms with Crippen LogP contribution in [0.25, 0.3) is 16.6 Å². The first-order valence-electron chi connectivity index (χ1n) is 15.6. The number of hydrogen-bond donors (Lipinski definition) is 1. The topological polar surface area (TPSA) is 128 Å². The van der Waals surface area contributed by atoms with Crippen LogP contribution in [0.5, 0.6) is 23.1 Å². The number of anilines is 1. The van der Waals surface area contributed by atoms with E-state index >= 15 is 0 Å². The molecule has 0 aliphatic carbocycles. The molecular formula is C34H31ClFN5O7. The molecule has 1 amide bonds. The summed E-state index contributed by atoms with van der Waals surface area (Å²) in [5.41, 5.74) is 0.946. The summed E-state index contributed by atoms with van der Waals surface area (Å²) in [7, 11) is 0. The van der Waals surface area contributed by atoms with Gasteiger partial charge in [-0.3, -0.25) is 14.3 Å². The zero-order valence-corrected chi connectivity index (χ0v) is 26.5. The van der Waals surface area contributed by atoms with E-state index in [-0.39, 0.29) is 27.9 Å². The number of benzene rings is 3. The van der Waals surface area contributed by atoms with Gasteiger partial charge in [0.05, 0.1) is 48.0 Å². The van der Waals surface area contributed by atoms with Gasteiger partial charge in [0.1, 0.15) is 42.4 Å². The van der Waals surface area contributed by atoms with Crippen LogP contribution in [-0.2, 0) is 22.4 Å². The van der Waals surface area contributed by atoms with Gasteiger partial charge in [0.15, 0.2) is 11.5 Å². The van der Waals surface area contributed by atoms with Gasteiger partial charge in [0, 0.05) is 18.3 Å². The third-order valence-corrected chi connectivity index (χ3v) is 8.29. The van der Waals surface area contributed by atoms with Crippen LogP contribution in [0.3, 0.4) is 0 Å². The van der Waals surface area contributed by atoms with Crippen LogP contribution in [-0.4, -0.2) is 64.9 Å². The number of hydrogen-bond acceptors (Lipinski definition) is 9. The molecule has 2 aliphatic heterocycles.